The normalized spacial score (nSPS) is 18.9. The Morgan fingerprint density at radius 2 is 2.27 bits per heavy atom. The summed E-state index contributed by atoms with van der Waals surface area (Å²) in [6.07, 6.45) is 5.35. The number of nitrogens with zero attached hydrogens (tertiary/aromatic N) is 1. The van der Waals surface area contributed by atoms with Crippen molar-refractivity contribution in [1.82, 2.24) is 4.90 Å². The summed E-state index contributed by atoms with van der Waals surface area (Å²) in [5.74, 6) is 1.13. The molecule has 2 rings (SSSR count). The number of carboxylic acids is 1. The number of aliphatic carboxylic acids is 1. The van der Waals surface area contributed by atoms with E-state index in [9.17, 15) is 14.7 Å². The minimum Gasteiger partial charge on any atom is -0.481 e. The number of hydrogen-bond donors (Lipinski definition) is 2. The summed E-state index contributed by atoms with van der Waals surface area (Å²) >= 11 is 3.36. The van der Waals surface area contributed by atoms with Gasteiger partial charge >= 0.3 is 5.97 Å². The first-order valence-electron chi connectivity index (χ1n) is 9.34. The molecule has 5 nitrogen and oxygen atoms in total. The molecule has 0 aliphatic carbocycles. The molecule has 1 aliphatic heterocycles. The summed E-state index contributed by atoms with van der Waals surface area (Å²) in [7, 11) is 0. The van der Waals surface area contributed by atoms with Crippen molar-refractivity contribution >= 4 is 35.0 Å². The number of hydrogen-bond acceptors (Lipinski definition) is 5. The lowest BCUT2D eigenvalue weighted by Gasteiger charge is -2.36. The van der Waals surface area contributed by atoms with Crippen molar-refractivity contribution in [2.75, 3.05) is 18.1 Å². The number of thiophene rings is 1. The van der Waals surface area contributed by atoms with Crippen molar-refractivity contribution in [3.05, 3.63) is 22.4 Å². The van der Waals surface area contributed by atoms with E-state index in [2.05, 4.69) is 5.38 Å². The second-order valence-corrected chi connectivity index (χ2v) is 8.81. The number of likely N-dealkylation sites (tertiary alicyclic amines) is 1. The molecular weight excluding hydrogens is 370 g/mol. The van der Waals surface area contributed by atoms with E-state index in [-0.39, 0.29) is 24.5 Å². The molecule has 7 heteroatoms. The lowest BCUT2D eigenvalue weighted by atomic mass is 9.95. The van der Waals surface area contributed by atoms with Crippen LogP contribution in [0.25, 0.3) is 0 Å². The van der Waals surface area contributed by atoms with Crippen LogP contribution in [0.2, 0.25) is 0 Å². The van der Waals surface area contributed by atoms with Gasteiger partial charge in [0.15, 0.2) is 0 Å². The summed E-state index contributed by atoms with van der Waals surface area (Å²) in [6.45, 7) is 0.724. The molecule has 1 aromatic heterocycles. The summed E-state index contributed by atoms with van der Waals surface area (Å²) in [5.41, 5.74) is 1.18. The van der Waals surface area contributed by atoms with Gasteiger partial charge in [-0.15, -0.1) is 0 Å². The smallest absolute Gasteiger partial charge is 0.303 e. The number of carbonyl (C=O) groups is 2. The third-order valence-corrected chi connectivity index (χ3v) is 6.51. The third-order valence-electron chi connectivity index (χ3n) is 4.73. The van der Waals surface area contributed by atoms with Crippen LogP contribution >= 0.6 is 23.1 Å². The first-order chi connectivity index (χ1) is 12.6. The molecule has 2 atom stereocenters. The summed E-state index contributed by atoms with van der Waals surface area (Å²) in [4.78, 5) is 24.8. The van der Waals surface area contributed by atoms with Crippen molar-refractivity contribution in [2.45, 2.75) is 63.5 Å². The maximum atomic E-state index is 12.3. The first kappa shape index (κ1) is 21.3. The standard InChI is InChI=1S/C19H29NO4S2/c21-17(13-15-8-11-26-14-15)7-6-16-3-1-4-18(22)20(16)9-12-25-10-2-5-19(23)24/h8,11,14,16-17,21H,1-7,9-10,12-13H2,(H,23,24)/t16-,17?/m1/s1. The van der Waals surface area contributed by atoms with Crippen molar-refractivity contribution in [3.63, 3.8) is 0 Å². The van der Waals surface area contributed by atoms with Gasteiger partial charge in [-0.25, -0.2) is 0 Å². The van der Waals surface area contributed by atoms with Crippen LogP contribution in [0.15, 0.2) is 16.8 Å². The zero-order chi connectivity index (χ0) is 18.8. The van der Waals surface area contributed by atoms with Crippen molar-refractivity contribution < 1.29 is 19.8 Å². The molecule has 1 unspecified atom stereocenters. The van der Waals surface area contributed by atoms with Gasteiger partial charge in [0, 0.05) is 31.2 Å². The molecule has 0 aromatic carbocycles. The van der Waals surface area contributed by atoms with Crippen LogP contribution in [0.4, 0.5) is 0 Å². The fourth-order valence-electron chi connectivity index (χ4n) is 3.36. The number of carbonyl (C=O) groups excluding carboxylic acids is 1. The Kier molecular flexibility index (Phi) is 9.50. The Morgan fingerprint density at radius 3 is 3.00 bits per heavy atom. The van der Waals surface area contributed by atoms with Gasteiger partial charge in [0.05, 0.1) is 6.10 Å². The minimum absolute atomic E-state index is 0.209. The number of aliphatic hydroxyl groups excluding tert-OH is 1. The molecule has 1 aliphatic rings. The predicted octanol–water partition coefficient (Wildman–Crippen LogP) is 3.41. The number of piperidine rings is 1. The lowest BCUT2D eigenvalue weighted by molar-refractivity contribution is -0.137. The van der Waals surface area contributed by atoms with E-state index in [0.29, 0.717) is 19.3 Å². The first-order valence-corrected chi connectivity index (χ1v) is 11.4. The molecule has 146 valence electrons. The molecule has 1 amide bonds. The highest BCUT2D eigenvalue weighted by Crippen LogP contribution is 2.24. The van der Waals surface area contributed by atoms with E-state index >= 15 is 0 Å². The van der Waals surface area contributed by atoms with Gasteiger partial charge in [0.1, 0.15) is 0 Å². The van der Waals surface area contributed by atoms with Crippen LogP contribution < -0.4 is 0 Å². The highest BCUT2D eigenvalue weighted by molar-refractivity contribution is 7.99. The second kappa shape index (κ2) is 11.6. The monoisotopic (exact) mass is 399 g/mol. The molecule has 0 radical (unpaired) electrons. The van der Waals surface area contributed by atoms with E-state index in [1.54, 1.807) is 23.1 Å². The fourth-order valence-corrected chi connectivity index (χ4v) is 4.92. The zero-order valence-corrected chi connectivity index (χ0v) is 16.8. The average Bonchev–Trinajstić information content (AvgIpc) is 3.10. The van der Waals surface area contributed by atoms with E-state index in [1.165, 1.54) is 5.56 Å². The fraction of sp³-hybridized carbons (Fsp3) is 0.684. The number of thioether (sulfide) groups is 1. The van der Waals surface area contributed by atoms with E-state index < -0.39 is 5.97 Å². The van der Waals surface area contributed by atoms with Crippen LogP contribution in [0.1, 0.15) is 50.5 Å². The molecule has 26 heavy (non-hydrogen) atoms. The van der Waals surface area contributed by atoms with Crippen molar-refractivity contribution in [3.8, 4) is 0 Å². The molecular formula is C19H29NO4S2. The van der Waals surface area contributed by atoms with Gasteiger partial charge in [0.25, 0.3) is 0 Å². The SMILES string of the molecule is O=C(O)CCCSCCN1C(=O)CCC[C@@H]1CCC(O)Cc1ccsc1. The van der Waals surface area contributed by atoms with Crippen molar-refractivity contribution in [2.24, 2.45) is 0 Å². The predicted molar refractivity (Wildman–Crippen MR) is 107 cm³/mol. The Labute approximate surface area is 163 Å². The largest absolute Gasteiger partial charge is 0.481 e. The maximum absolute atomic E-state index is 12.3. The van der Waals surface area contributed by atoms with Gasteiger partial charge in [-0.1, -0.05) is 0 Å². The average molecular weight is 400 g/mol. The number of carboxylic acid groups (broad SMARTS) is 1. The number of rotatable bonds is 12. The summed E-state index contributed by atoms with van der Waals surface area (Å²) in [6, 6.07) is 2.28. The van der Waals surface area contributed by atoms with Gasteiger partial charge in [-0.2, -0.15) is 23.1 Å². The molecule has 0 spiro atoms. The molecule has 2 N–H and O–H groups in total. The zero-order valence-electron chi connectivity index (χ0n) is 15.1. The Bertz CT molecular complexity index is 550. The van der Waals surface area contributed by atoms with Gasteiger partial charge < -0.3 is 15.1 Å². The van der Waals surface area contributed by atoms with Gasteiger partial charge in [0.2, 0.25) is 5.91 Å². The van der Waals surface area contributed by atoms with Crippen LogP contribution in [0.3, 0.4) is 0 Å². The summed E-state index contributed by atoms with van der Waals surface area (Å²) in [5, 5.41) is 23.0. The van der Waals surface area contributed by atoms with E-state index in [0.717, 1.165) is 43.7 Å². The highest BCUT2D eigenvalue weighted by atomic mass is 32.2. The maximum Gasteiger partial charge on any atom is 0.303 e. The summed E-state index contributed by atoms with van der Waals surface area (Å²) < 4.78 is 0. The highest BCUT2D eigenvalue weighted by Gasteiger charge is 2.27. The van der Waals surface area contributed by atoms with Gasteiger partial charge in [-0.3, -0.25) is 9.59 Å². The Balaban J connectivity index is 1.70. The molecule has 1 aromatic rings. The minimum atomic E-state index is -0.752. The van der Waals surface area contributed by atoms with Crippen LogP contribution in [0.5, 0.6) is 0 Å². The molecule has 1 saturated heterocycles. The second-order valence-electron chi connectivity index (χ2n) is 6.81. The van der Waals surface area contributed by atoms with E-state index in [1.807, 2.05) is 16.3 Å². The molecule has 2 heterocycles. The van der Waals surface area contributed by atoms with Crippen LogP contribution in [0, 0.1) is 0 Å². The molecule has 1 fully saturated rings. The van der Waals surface area contributed by atoms with Crippen molar-refractivity contribution in [1.29, 1.82) is 0 Å². The lowest BCUT2D eigenvalue weighted by Crippen LogP contribution is -2.45. The van der Waals surface area contributed by atoms with Crippen LogP contribution in [-0.2, 0) is 16.0 Å². The Hall–Kier alpha value is -1.05. The topological polar surface area (TPSA) is 77.8 Å². The quantitative estimate of drug-likeness (QED) is 0.527. The number of amides is 1. The molecule has 0 bridgehead atoms. The number of aliphatic hydroxyl groups is 1. The van der Waals surface area contributed by atoms with E-state index in [4.69, 9.17) is 5.11 Å². The van der Waals surface area contributed by atoms with Gasteiger partial charge in [-0.05, 0) is 66.7 Å². The van der Waals surface area contributed by atoms with Crippen LogP contribution in [-0.4, -0.2) is 57.2 Å². The molecule has 0 saturated carbocycles. The third kappa shape index (κ3) is 7.68. The Morgan fingerprint density at radius 1 is 1.42 bits per heavy atom.